The molecule has 2 N–H and O–H groups in total. The van der Waals surface area contributed by atoms with E-state index in [0.29, 0.717) is 18.4 Å². The molecule has 0 atom stereocenters. The van der Waals surface area contributed by atoms with Gasteiger partial charge in [-0.2, -0.15) is 5.26 Å². The number of hydrogen-bond donors (Lipinski definition) is 2. The number of hydrogen-bond acceptors (Lipinski definition) is 3. The van der Waals surface area contributed by atoms with Crippen LogP contribution in [0, 0.1) is 17.1 Å². The SMILES string of the molecule is N#Cc1cccc(CNC2(C(=O)O)CCC2)c1F. The topological polar surface area (TPSA) is 73.1 Å². The number of nitriles is 1. The van der Waals surface area contributed by atoms with Gasteiger partial charge in [-0.25, -0.2) is 4.39 Å². The standard InChI is InChI=1S/C13H13FN2O2/c14-11-9(7-15)3-1-4-10(11)8-16-13(12(17)18)5-2-6-13/h1,3-4,16H,2,5-6,8H2,(H,17,18). The molecule has 1 saturated carbocycles. The lowest BCUT2D eigenvalue weighted by molar-refractivity contribution is -0.148. The quantitative estimate of drug-likeness (QED) is 0.852. The monoisotopic (exact) mass is 248 g/mol. The molecule has 0 unspecified atom stereocenters. The molecule has 0 saturated heterocycles. The number of nitrogens with zero attached hydrogens (tertiary/aromatic N) is 1. The Kier molecular flexibility index (Phi) is 3.30. The van der Waals surface area contributed by atoms with Crippen molar-refractivity contribution in [2.75, 3.05) is 0 Å². The van der Waals surface area contributed by atoms with Crippen LogP contribution in [-0.4, -0.2) is 16.6 Å². The second-order valence-corrected chi connectivity index (χ2v) is 4.48. The summed E-state index contributed by atoms with van der Waals surface area (Å²) in [5.41, 5.74) is -0.622. The highest BCUT2D eigenvalue weighted by Gasteiger charge is 2.43. The van der Waals surface area contributed by atoms with Crippen LogP contribution in [0.1, 0.15) is 30.4 Å². The predicted octanol–water partition coefficient (Wildman–Crippen LogP) is 1.79. The molecule has 94 valence electrons. The highest BCUT2D eigenvalue weighted by Crippen LogP contribution is 2.32. The van der Waals surface area contributed by atoms with E-state index >= 15 is 0 Å². The molecule has 0 heterocycles. The van der Waals surface area contributed by atoms with Crippen molar-refractivity contribution in [1.82, 2.24) is 5.32 Å². The van der Waals surface area contributed by atoms with E-state index in [1.165, 1.54) is 6.07 Å². The molecule has 1 aliphatic carbocycles. The third-order valence-electron chi connectivity index (χ3n) is 3.43. The molecule has 4 nitrogen and oxygen atoms in total. The van der Waals surface area contributed by atoms with Crippen molar-refractivity contribution in [1.29, 1.82) is 5.26 Å². The molecule has 1 fully saturated rings. The molecule has 1 aliphatic rings. The van der Waals surface area contributed by atoms with E-state index in [0.717, 1.165) is 6.42 Å². The number of carboxylic acid groups (broad SMARTS) is 1. The molecule has 0 aromatic heterocycles. The number of carbonyl (C=O) groups is 1. The molecule has 5 heteroatoms. The Morgan fingerprint density at radius 3 is 2.78 bits per heavy atom. The van der Waals surface area contributed by atoms with E-state index < -0.39 is 17.3 Å². The minimum absolute atomic E-state index is 0.0210. The molecule has 18 heavy (non-hydrogen) atoms. The van der Waals surface area contributed by atoms with Crippen molar-refractivity contribution in [3.05, 3.63) is 35.1 Å². The molecule has 0 aliphatic heterocycles. The van der Waals surface area contributed by atoms with Crippen LogP contribution in [0.15, 0.2) is 18.2 Å². The molecule has 1 aromatic rings. The van der Waals surface area contributed by atoms with Crippen molar-refractivity contribution in [2.45, 2.75) is 31.3 Å². The van der Waals surface area contributed by atoms with Crippen LogP contribution in [0.25, 0.3) is 0 Å². The first-order valence-electron chi connectivity index (χ1n) is 5.75. The summed E-state index contributed by atoms with van der Waals surface area (Å²) >= 11 is 0. The first-order chi connectivity index (χ1) is 8.59. The summed E-state index contributed by atoms with van der Waals surface area (Å²) in [7, 11) is 0. The van der Waals surface area contributed by atoms with Gasteiger partial charge in [-0.05, 0) is 25.3 Å². The third kappa shape index (κ3) is 2.07. The van der Waals surface area contributed by atoms with Crippen LogP contribution < -0.4 is 5.32 Å². The smallest absolute Gasteiger partial charge is 0.323 e. The zero-order chi connectivity index (χ0) is 13.2. The normalized spacial score (nSPS) is 16.7. The number of rotatable bonds is 4. The summed E-state index contributed by atoms with van der Waals surface area (Å²) < 4.78 is 13.8. The third-order valence-corrected chi connectivity index (χ3v) is 3.43. The van der Waals surface area contributed by atoms with Gasteiger partial charge in [-0.1, -0.05) is 12.1 Å². The summed E-state index contributed by atoms with van der Waals surface area (Å²) in [6.07, 6.45) is 1.98. The number of carboxylic acids is 1. The Bertz CT molecular complexity index is 518. The molecular formula is C13H13FN2O2. The van der Waals surface area contributed by atoms with Gasteiger partial charge in [0.1, 0.15) is 17.4 Å². The number of aliphatic carboxylic acids is 1. The van der Waals surface area contributed by atoms with Gasteiger partial charge in [0.25, 0.3) is 0 Å². The van der Waals surface area contributed by atoms with Crippen LogP contribution >= 0.6 is 0 Å². The van der Waals surface area contributed by atoms with Crippen molar-refractivity contribution >= 4 is 5.97 Å². The maximum atomic E-state index is 13.8. The van der Waals surface area contributed by atoms with Gasteiger partial charge in [0, 0.05) is 12.1 Å². The fourth-order valence-electron chi connectivity index (χ4n) is 2.06. The minimum Gasteiger partial charge on any atom is -0.480 e. The number of nitrogens with one attached hydrogen (secondary N) is 1. The number of benzene rings is 1. The van der Waals surface area contributed by atoms with Crippen LogP contribution in [0.2, 0.25) is 0 Å². The molecule has 0 radical (unpaired) electrons. The van der Waals surface area contributed by atoms with Crippen molar-refractivity contribution in [2.24, 2.45) is 0 Å². The summed E-state index contributed by atoms with van der Waals surface area (Å²) in [6, 6.07) is 6.31. The average Bonchev–Trinajstić information content (AvgIpc) is 2.29. The molecule has 2 rings (SSSR count). The maximum Gasteiger partial charge on any atom is 0.323 e. The lowest BCUT2D eigenvalue weighted by atomic mass is 9.76. The molecule has 0 amide bonds. The van der Waals surface area contributed by atoms with Gasteiger partial charge in [-0.15, -0.1) is 0 Å². The van der Waals surface area contributed by atoms with Gasteiger partial charge in [0.15, 0.2) is 0 Å². The molecular weight excluding hydrogens is 235 g/mol. The highest BCUT2D eigenvalue weighted by molar-refractivity contribution is 5.79. The van der Waals surface area contributed by atoms with E-state index in [2.05, 4.69) is 5.32 Å². The number of halogens is 1. The van der Waals surface area contributed by atoms with E-state index in [-0.39, 0.29) is 12.1 Å². The fourth-order valence-corrected chi connectivity index (χ4v) is 2.06. The maximum absolute atomic E-state index is 13.8. The van der Waals surface area contributed by atoms with E-state index in [1.807, 2.05) is 0 Å². The molecule has 1 aromatic carbocycles. The first-order valence-corrected chi connectivity index (χ1v) is 5.75. The zero-order valence-corrected chi connectivity index (χ0v) is 9.74. The summed E-state index contributed by atoms with van der Waals surface area (Å²) in [5, 5.41) is 20.7. The van der Waals surface area contributed by atoms with E-state index in [1.54, 1.807) is 18.2 Å². The van der Waals surface area contributed by atoms with Crippen LogP contribution in [0.3, 0.4) is 0 Å². The lowest BCUT2D eigenvalue weighted by Gasteiger charge is -2.38. The largest absolute Gasteiger partial charge is 0.480 e. The van der Waals surface area contributed by atoms with Gasteiger partial charge in [0.05, 0.1) is 5.56 Å². The Morgan fingerprint density at radius 2 is 2.28 bits per heavy atom. The van der Waals surface area contributed by atoms with Crippen molar-refractivity contribution in [3.63, 3.8) is 0 Å². The van der Waals surface area contributed by atoms with Gasteiger partial charge < -0.3 is 5.11 Å². The van der Waals surface area contributed by atoms with Crippen LogP contribution in [-0.2, 0) is 11.3 Å². The van der Waals surface area contributed by atoms with E-state index in [9.17, 15) is 9.18 Å². The summed E-state index contributed by atoms with van der Waals surface area (Å²) in [4.78, 5) is 11.1. The molecule has 0 bridgehead atoms. The Hall–Kier alpha value is -1.93. The van der Waals surface area contributed by atoms with Gasteiger partial charge >= 0.3 is 5.97 Å². The second-order valence-electron chi connectivity index (χ2n) is 4.48. The first kappa shape index (κ1) is 12.5. The lowest BCUT2D eigenvalue weighted by Crippen LogP contribution is -2.56. The summed E-state index contributed by atoms with van der Waals surface area (Å²) in [5.74, 6) is -1.47. The minimum atomic E-state index is -0.922. The Labute approximate surface area is 104 Å². The fraction of sp³-hybridized carbons (Fsp3) is 0.385. The second kappa shape index (κ2) is 4.75. The Morgan fingerprint density at radius 1 is 1.56 bits per heavy atom. The van der Waals surface area contributed by atoms with Crippen LogP contribution in [0.4, 0.5) is 4.39 Å². The molecule has 0 spiro atoms. The highest BCUT2D eigenvalue weighted by atomic mass is 19.1. The predicted molar refractivity (Wildman–Crippen MR) is 62.2 cm³/mol. The van der Waals surface area contributed by atoms with Crippen molar-refractivity contribution < 1.29 is 14.3 Å². The van der Waals surface area contributed by atoms with Crippen LogP contribution in [0.5, 0.6) is 0 Å². The average molecular weight is 248 g/mol. The van der Waals surface area contributed by atoms with E-state index in [4.69, 9.17) is 10.4 Å². The Balaban J connectivity index is 2.11. The van der Waals surface area contributed by atoms with Gasteiger partial charge in [-0.3, -0.25) is 10.1 Å². The summed E-state index contributed by atoms with van der Waals surface area (Å²) in [6.45, 7) is 0.119. The zero-order valence-electron chi connectivity index (χ0n) is 9.74. The van der Waals surface area contributed by atoms with Gasteiger partial charge in [0.2, 0.25) is 0 Å². The van der Waals surface area contributed by atoms with Crippen molar-refractivity contribution in [3.8, 4) is 6.07 Å².